The maximum atomic E-state index is 12.6. The summed E-state index contributed by atoms with van der Waals surface area (Å²) in [5.41, 5.74) is 5.21. The fourth-order valence-corrected chi connectivity index (χ4v) is 1.72. The molecule has 2 N–H and O–H groups in total. The first-order valence-corrected chi connectivity index (χ1v) is 5.85. The number of halogens is 3. The van der Waals surface area contributed by atoms with Crippen molar-refractivity contribution in [2.24, 2.45) is 17.6 Å². The predicted molar refractivity (Wildman–Crippen MR) is 58.0 cm³/mol. The van der Waals surface area contributed by atoms with Gasteiger partial charge in [-0.3, -0.25) is 4.90 Å². The SMILES string of the molecule is CC(C)N(CC1CC1)CC(CN)C(F)(F)F. The molecule has 0 radical (unpaired) electrons. The lowest BCUT2D eigenvalue weighted by molar-refractivity contribution is -0.177. The summed E-state index contributed by atoms with van der Waals surface area (Å²) in [4.78, 5) is 1.91. The minimum atomic E-state index is -4.18. The van der Waals surface area contributed by atoms with Gasteiger partial charge in [0, 0.05) is 25.7 Å². The molecule has 0 aromatic heterocycles. The van der Waals surface area contributed by atoms with E-state index < -0.39 is 12.1 Å². The lowest BCUT2D eigenvalue weighted by Gasteiger charge is -2.31. The van der Waals surface area contributed by atoms with Crippen LogP contribution in [-0.2, 0) is 0 Å². The molecule has 1 rings (SSSR count). The summed E-state index contributed by atoms with van der Waals surface area (Å²) >= 11 is 0. The molecule has 0 spiro atoms. The molecule has 0 aromatic carbocycles. The van der Waals surface area contributed by atoms with Crippen LogP contribution >= 0.6 is 0 Å². The highest BCUT2D eigenvalue weighted by Crippen LogP contribution is 2.32. The minimum absolute atomic E-state index is 0.0359. The van der Waals surface area contributed by atoms with Gasteiger partial charge in [0.2, 0.25) is 0 Å². The van der Waals surface area contributed by atoms with Gasteiger partial charge in [0.1, 0.15) is 0 Å². The monoisotopic (exact) mass is 238 g/mol. The van der Waals surface area contributed by atoms with Crippen molar-refractivity contribution in [2.75, 3.05) is 19.6 Å². The molecule has 96 valence electrons. The average molecular weight is 238 g/mol. The molecular weight excluding hydrogens is 217 g/mol. The Labute approximate surface area is 95.0 Å². The van der Waals surface area contributed by atoms with Crippen LogP contribution in [0, 0.1) is 11.8 Å². The Morgan fingerprint density at radius 1 is 1.31 bits per heavy atom. The van der Waals surface area contributed by atoms with Gasteiger partial charge in [0.05, 0.1) is 5.92 Å². The fourth-order valence-electron chi connectivity index (χ4n) is 1.72. The molecule has 5 heteroatoms. The molecule has 0 amide bonds. The number of alkyl halides is 3. The summed E-state index contributed by atoms with van der Waals surface area (Å²) in [6.45, 7) is 4.37. The van der Waals surface area contributed by atoms with Crippen molar-refractivity contribution in [1.82, 2.24) is 4.90 Å². The minimum Gasteiger partial charge on any atom is -0.330 e. The van der Waals surface area contributed by atoms with Gasteiger partial charge in [-0.1, -0.05) is 0 Å². The molecule has 1 fully saturated rings. The first-order chi connectivity index (χ1) is 7.34. The van der Waals surface area contributed by atoms with E-state index in [4.69, 9.17) is 5.73 Å². The Morgan fingerprint density at radius 3 is 2.19 bits per heavy atom. The smallest absolute Gasteiger partial charge is 0.330 e. The van der Waals surface area contributed by atoms with E-state index in [0.717, 1.165) is 19.4 Å². The second kappa shape index (κ2) is 5.36. The summed E-state index contributed by atoms with van der Waals surface area (Å²) in [6, 6.07) is 0.150. The van der Waals surface area contributed by atoms with Crippen LogP contribution in [0.4, 0.5) is 13.2 Å². The van der Waals surface area contributed by atoms with Crippen LogP contribution < -0.4 is 5.73 Å². The van der Waals surface area contributed by atoms with Crippen LogP contribution in [0.15, 0.2) is 0 Å². The largest absolute Gasteiger partial charge is 0.394 e. The molecule has 2 nitrogen and oxygen atoms in total. The van der Waals surface area contributed by atoms with Crippen molar-refractivity contribution in [1.29, 1.82) is 0 Å². The maximum Gasteiger partial charge on any atom is 0.394 e. The Hall–Kier alpha value is -0.290. The van der Waals surface area contributed by atoms with Crippen LogP contribution in [0.3, 0.4) is 0 Å². The van der Waals surface area contributed by atoms with Crippen LogP contribution in [0.2, 0.25) is 0 Å². The Bertz CT molecular complexity index is 212. The van der Waals surface area contributed by atoms with Crippen molar-refractivity contribution >= 4 is 0 Å². The van der Waals surface area contributed by atoms with E-state index in [-0.39, 0.29) is 19.1 Å². The lowest BCUT2D eigenvalue weighted by atomic mass is 10.1. The Balaban J connectivity index is 2.50. The molecular formula is C11H21F3N2. The Morgan fingerprint density at radius 2 is 1.88 bits per heavy atom. The molecule has 1 aliphatic carbocycles. The van der Waals surface area contributed by atoms with Gasteiger partial charge < -0.3 is 5.73 Å². The van der Waals surface area contributed by atoms with Crippen LogP contribution in [0.1, 0.15) is 26.7 Å². The third-order valence-electron chi connectivity index (χ3n) is 3.12. The molecule has 1 atom stereocenters. The predicted octanol–water partition coefficient (Wildman–Crippen LogP) is 2.24. The molecule has 0 heterocycles. The van der Waals surface area contributed by atoms with Crippen LogP contribution in [0.25, 0.3) is 0 Å². The number of rotatable bonds is 6. The van der Waals surface area contributed by atoms with E-state index >= 15 is 0 Å². The van der Waals surface area contributed by atoms with Crippen LogP contribution in [-0.4, -0.2) is 36.8 Å². The van der Waals surface area contributed by atoms with Gasteiger partial charge in [-0.15, -0.1) is 0 Å². The van der Waals surface area contributed by atoms with E-state index in [1.165, 1.54) is 0 Å². The van der Waals surface area contributed by atoms with E-state index in [1.807, 2.05) is 18.7 Å². The summed E-state index contributed by atoms with van der Waals surface area (Å²) < 4.78 is 37.8. The van der Waals surface area contributed by atoms with Gasteiger partial charge in [0.25, 0.3) is 0 Å². The second-order valence-corrected chi connectivity index (χ2v) is 4.97. The molecule has 16 heavy (non-hydrogen) atoms. The van der Waals surface area contributed by atoms with Gasteiger partial charge in [0.15, 0.2) is 0 Å². The highest BCUT2D eigenvalue weighted by Gasteiger charge is 2.40. The van der Waals surface area contributed by atoms with Gasteiger partial charge >= 0.3 is 6.18 Å². The zero-order chi connectivity index (χ0) is 12.3. The number of hydrogen-bond acceptors (Lipinski definition) is 2. The summed E-state index contributed by atoms with van der Waals surface area (Å²) in [7, 11) is 0. The van der Waals surface area contributed by atoms with Crippen LogP contribution in [0.5, 0.6) is 0 Å². The number of hydrogen-bond donors (Lipinski definition) is 1. The maximum absolute atomic E-state index is 12.6. The quantitative estimate of drug-likeness (QED) is 0.769. The van der Waals surface area contributed by atoms with Gasteiger partial charge in [-0.2, -0.15) is 13.2 Å². The van der Waals surface area contributed by atoms with Crippen molar-refractivity contribution in [2.45, 2.75) is 38.9 Å². The molecule has 0 aromatic rings. The van der Waals surface area contributed by atoms with Crippen molar-refractivity contribution < 1.29 is 13.2 Å². The molecule has 0 bridgehead atoms. The first-order valence-electron chi connectivity index (χ1n) is 5.85. The number of nitrogens with zero attached hydrogens (tertiary/aromatic N) is 1. The average Bonchev–Trinajstić information content (AvgIpc) is 2.92. The third kappa shape index (κ3) is 4.29. The molecule has 0 aliphatic heterocycles. The summed E-state index contributed by atoms with van der Waals surface area (Å²) in [5.74, 6) is -0.789. The van der Waals surface area contributed by atoms with E-state index in [9.17, 15) is 13.2 Å². The molecule has 1 unspecified atom stereocenters. The van der Waals surface area contributed by atoms with Crippen molar-refractivity contribution in [3.05, 3.63) is 0 Å². The molecule has 1 aliphatic rings. The van der Waals surface area contributed by atoms with E-state index in [0.29, 0.717) is 5.92 Å². The first kappa shape index (κ1) is 13.8. The summed E-state index contributed by atoms with van der Waals surface area (Å²) in [5, 5.41) is 0. The highest BCUT2D eigenvalue weighted by atomic mass is 19.4. The second-order valence-electron chi connectivity index (χ2n) is 4.97. The Kier molecular flexibility index (Phi) is 4.62. The van der Waals surface area contributed by atoms with Crippen molar-refractivity contribution in [3.8, 4) is 0 Å². The molecule has 0 saturated heterocycles. The van der Waals surface area contributed by atoms with Gasteiger partial charge in [-0.25, -0.2) is 0 Å². The van der Waals surface area contributed by atoms with E-state index in [2.05, 4.69) is 0 Å². The fraction of sp³-hybridized carbons (Fsp3) is 1.00. The summed E-state index contributed by atoms with van der Waals surface area (Å²) in [6.07, 6.45) is -1.86. The zero-order valence-electron chi connectivity index (χ0n) is 9.93. The normalized spacial score (nSPS) is 19.5. The van der Waals surface area contributed by atoms with E-state index in [1.54, 1.807) is 0 Å². The topological polar surface area (TPSA) is 29.3 Å². The third-order valence-corrected chi connectivity index (χ3v) is 3.12. The molecule has 1 saturated carbocycles. The van der Waals surface area contributed by atoms with Crippen molar-refractivity contribution in [3.63, 3.8) is 0 Å². The zero-order valence-corrected chi connectivity index (χ0v) is 9.93. The lowest BCUT2D eigenvalue weighted by Crippen LogP contribution is -2.44. The number of nitrogens with two attached hydrogens (primary N) is 1. The standard InChI is InChI=1S/C11H21F3N2/c1-8(2)16(6-9-3-4-9)7-10(5-15)11(12,13)14/h8-10H,3-7,15H2,1-2H3. The van der Waals surface area contributed by atoms with Gasteiger partial charge in [-0.05, 0) is 32.6 Å². The highest BCUT2D eigenvalue weighted by molar-refractivity contribution is 4.81.